The Morgan fingerprint density at radius 1 is 1.50 bits per heavy atom. The molecule has 0 N–H and O–H groups in total. The van der Waals surface area contributed by atoms with Crippen molar-refractivity contribution in [3.05, 3.63) is 0 Å². The number of carbonyl (C=O) groups excluding carboxylic acids is 1. The largest absolute Gasteiger partial charge is 0.299 e. The first kappa shape index (κ1) is 9.76. The zero-order valence-electron chi connectivity index (χ0n) is 8.47. The molecule has 1 fully saturated rings. The number of ketones is 1. The molecule has 0 bridgehead atoms. The number of hydrogen-bond acceptors (Lipinski definition) is 1. The summed E-state index contributed by atoms with van der Waals surface area (Å²) in [5.74, 6) is 1.84. The molecule has 0 aromatic rings. The summed E-state index contributed by atoms with van der Waals surface area (Å²) in [6.07, 6.45) is 4.66. The van der Waals surface area contributed by atoms with Crippen molar-refractivity contribution in [2.75, 3.05) is 0 Å². The minimum Gasteiger partial charge on any atom is -0.299 e. The molecule has 1 heteroatoms. The molecule has 0 heterocycles. The summed E-state index contributed by atoms with van der Waals surface area (Å²) in [5, 5.41) is 0. The van der Waals surface area contributed by atoms with Gasteiger partial charge in [0.1, 0.15) is 5.78 Å². The second-order valence-electron chi connectivity index (χ2n) is 4.23. The van der Waals surface area contributed by atoms with Crippen molar-refractivity contribution in [2.45, 2.75) is 46.5 Å². The fourth-order valence-corrected chi connectivity index (χ4v) is 2.13. The van der Waals surface area contributed by atoms with Gasteiger partial charge in [-0.15, -0.1) is 0 Å². The molecular formula is C11H20O. The highest BCUT2D eigenvalue weighted by Gasteiger charge is 2.31. The van der Waals surface area contributed by atoms with Gasteiger partial charge >= 0.3 is 0 Å². The molecule has 0 spiro atoms. The molecule has 0 aliphatic heterocycles. The van der Waals surface area contributed by atoms with Crippen LogP contribution in [0.25, 0.3) is 0 Å². The van der Waals surface area contributed by atoms with Gasteiger partial charge in [0.2, 0.25) is 0 Å². The van der Waals surface area contributed by atoms with Crippen LogP contribution in [0.3, 0.4) is 0 Å². The first-order valence-electron chi connectivity index (χ1n) is 5.20. The molecule has 0 radical (unpaired) electrons. The molecule has 0 aromatic heterocycles. The molecule has 3 unspecified atom stereocenters. The van der Waals surface area contributed by atoms with E-state index in [9.17, 15) is 4.79 Å². The second-order valence-corrected chi connectivity index (χ2v) is 4.23. The summed E-state index contributed by atoms with van der Waals surface area (Å²) >= 11 is 0. The Hall–Kier alpha value is -0.330. The third kappa shape index (κ3) is 1.88. The highest BCUT2D eigenvalue weighted by molar-refractivity contribution is 5.83. The normalized spacial score (nSPS) is 31.9. The first-order valence-corrected chi connectivity index (χ1v) is 5.20. The van der Waals surface area contributed by atoms with Gasteiger partial charge in [-0.05, 0) is 25.2 Å². The van der Waals surface area contributed by atoms with E-state index in [0.717, 1.165) is 12.8 Å². The van der Waals surface area contributed by atoms with E-state index in [2.05, 4.69) is 20.8 Å². The molecule has 12 heavy (non-hydrogen) atoms. The maximum absolute atomic E-state index is 11.8. The van der Waals surface area contributed by atoms with Gasteiger partial charge < -0.3 is 0 Å². The molecule has 1 aliphatic carbocycles. The lowest BCUT2D eigenvalue weighted by atomic mass is 9.86. The van der Waals surface area contributed by atoms with Gasteiger partial charge in [-0.3, -0.25) is 4.79 Å². The van der Waals surface area contributed by atoms with Crippen LogP contribution in [0.4, 0.5) is 0 Å². The number of hydrogen-bond donors (Lipinski definition) is 0. The van der Waals surface area contributed by atoms with Crippen LogP contribution in [0.5, 0.6) is 0 Å². The molecule has 1 saturated carbocycles. The molecule has 1 aliphatic rings. The van der Waals surface area contributed by atoms with Crippen LogP contribution in [-0.4, -0.2) is 5.78 Å². The Morgan fingerprint density at radius 3 is 2.58 bits per heavy atom. The Morgan fingerprint density at radius 2 is 2.17 bits per heavy atom. The third-order valence-electron chi connectivity index (χ3n) is 3.33. The number of rotatable bonds is 3. The molecular weight excluding hydrogens is 148 g/mol. The summed E-state index contributed by atoms with van der Waals surface area (Å²) in [6.45, 7) is 6.38. The van der Waals surface area contributed by atoms with E-state index in [0.29, 0.717) is 17.6 Å². The second kappa shape index (κ2) is 4.06. The lowest BCUT2D eigenvalue weighted by molar-refractivity contribution is -0.127. The molecule has 70 valence electrons. The molecule has 0 saturated heterocycles. The Labute approximate surface area is 75.5 Å². The van der Waals surface area contributed by atoms with Crippen LogP contribution in [-0.2, 0) is 4.79 Å². The van der Waals surface area contributed by atoms with Gasteiger partial charge in [-0.1, -0.05) is 27.2 Å². The number of Topliss-reactive ketones (excluding diaryl/α,β-unsaturated/α-hetero) is 1. The summed E-state index contributed by atoms with van der Waals surface area (Å²) in [6, 6.07) is 0. The van der Waals surface area contributed by atoms with Crippen molar-refractivity contribution < 1.29 is 4.79 Å². The summed E-state index contributed by atoms with van der Waals surface area (Å²) < 4.78 is 0. The standard InChI is InChI=1S/C11H20O/c1-4-8(2)11(12)10-7-5-6-9(10)3/h8-10H,4-7H2,1-3H3. The van der Waals surface area contributed by atoms with E-state index in [1.165, 1.54) is 12.8 Å². The van der Waals surface area contributed by atoms with Gasteiger partial charge in [0.25, 0.3) is 0 Å². The van der Waals surface area contributed by atoms with E-state index in [1.54, 1.807) is 0 Å². The monoisotopic (exact) mass is 168 g/mol. The summed E-state index contributed by atoms with van der Waals surface area (Å²) in [5.41, 5.74) is 0. The lowest BCUT2D eigenvalue weighted by Crippen LogP contribution is -2.23. The lowest BCUT2D eigenvalue weighted by Gasteiger charge is -2.17. The average molecular weight is 168 g/mol. The predicted octanol–water partition coefficient (Wildman–Crippen LogP) is 3.04. The van der Waals surface area contributed by atoms with Crippen LogP contribution in [0.15, 0.2) is 0 Å². The smallest absolute Gasteiger partial charge is 0.139 e. The van der Waals surface area contributed by atoms with Crippen LogP contribution >= 0.6 is 0 Å². The van der Waals surface area contributed by atoms with Gasteiger partial charge in [0, 0.05) is 11.8 Å². The van der Waals surface area contributed by atoms with Crippen molar-refractivity contribution >= 4 is 5.78 Å². The van der Waals surface area contributed by atoms with Gasteiger partial charge in [0.05, 0.1) is 0 Å². The average Bonchev–Trinajstić information content (AvgIpc) is 2.48. The maximum Gasteiger partial charge on any atom is 0.139 e. The van der Waals surface area contributed by atoms with Crippen molar-refractivity contribution in [3.63, 3.8) is 0 Å². The SMILES string of the molecule is CCC(C)C(=O)C1CCCC1C. The van der Waals surface area contributed by atoms with Crippen LogP contribution in [0.2, 0.25) is 0 Å². The van der Waals surface area contributed by atoms with Gasteiger partial charge in [-0.2, -0.15) is 0 Å². The quantitative estimate of drug-likeness (QED) is 0.633. The molecule has 0 aromatic carbocycles. The van der Waals surface area contributed by atoms with E-state index >= 15 is 0 Å². The van der Waals surface area contributed by atoms with E-state index in [-0.39, 0.29) is 5.92 Å². The van der Waals surface area contributed by atoms with Gasteiger partial charge in [-0.25, -0.2) is 0 Å². The topological polar surface area (TPSA) is 17.1 Å². The minimum atomic E-state index is 0.288. The predicted molar refractivity (Wildman–Crippen MR) is 51.0 cm³/mol. The first-order chi connectivity index (χ1) is 5.66. The zero-order chi connectivity index (χ0) is 9.14. The summed E-state index contributed by atoms with van der Waals surface area (Å²) in [4.78, 5) is 11.8. The van der Waals surface area contributed by atoms with E-state index < -0.39 is 0 Å². The fraction of sp³-hybridized carbons (Fsp3) is 0.909. The minimum absolute atomic E-state index is 0.288. The molecule has 1 rings (SSSR count). The third-order valence-corrected chi connectivity index (χ3v) is 3.33. The van der Waals surface area contributed by atoms with E-state index in [1.807, 2.05) is 0 Å². The van der Waals surface area contributed by atoms with Gasteiger partial charge in [0.15, 0.2) is 0 Å². The van der Waals surface area contributed by atoms with Crippen molar-refractivity contribution in [1.29, 1.82) is 0 Å². The molecule has 1 nitrogen and oxygen atoms in total. The molecule has 0 amide bonds. The molecule has 3 atom stereocenters. The Kier molecular flexibility index (Phi) is 3.30. The van der Waals surface area contributed by atoms with Crippen LogP contribution in [0.1, 0.15) is 46.5 Å². The highest BCUT2D eigenvalue weighted by Crippen LogP contribution is 2.33. The Balaban J connectivity index is 2.51. The fourth-order valence-electron chi connectivity index (χ4n) is 2.13. The Bertz CT molecular complexity index is 162. The number of carbonyl (C=O) groups is 1. The van der Waals surface area contributed by atoms with Crippen LogP contribution in [0, 0.1) is 17.8 Å². The van der Waals surface area contributed by atoms with Crippen molar-refractivity contribution in [1.82, 2.24) is 0 Å². The van der Waals surface area contributed by atoms with E-state index in [4.69, 9.17) is 0 Å². The maximum atomic E-state index is 11.8. The van der Waals surface area contributed by atoms with Crippen molar-refractivity contribution in [3.8, 4) is 0 Å². The highest BCUT2D eigenvalue weighted by atomic mass is 16.1. The zero-order valence-corrected chi connectivity index (χ0v) is 8.47. The summed E-state index contributed by atoms with van der Waals surface area (Å²) in [7, 11) is 0. The van der Waals surface area contributed by atoms with Crippen LogP contribution < -0.4 is 0 Å². The van der Waals surface area contributed by atoms with Crippen molar-refractivity contribution in [2.24, 2.45) is 17.8 Å².